The van der Waals surface area contributed by atoms with E-state index >= 15 is 0 Å². The summed E-state index contributed by atoms with van der Waals surface area (Å²) < 4.78 is 10.3. The van der Waals surface area contributed by atoms with Crippen LogP contribution in [0.3, 0.4) is 0 Å². The summed E-state index contributed by atoms with van der Waals surface area (Å²) >= 11 is 1.61. The van der Waals surface area contributed by atoms with Gasteiger partial charge in [-0.25, -0.2) is 0 Å². The molecular weight excluding hydrogens is 262 g/mol. The Morgan fingerprint density at radius 2 is 2.11 bits per heavy atom. The van der Waals surface area contributed by atoms with Crippen LogP contribution in [0.1, 0.15) is 15.9 Å². The Labute approximate surface area is 116 Å². The van der Waals surface area contributed by atoms with Crippen LogP contribution >= 0.6 is 11.3 Å². The molecule has 1 N–H and O–H groups in total. The molecule has 0 radical (unpaired) electrons. The minimum atomic E-state index is -0.161. The van der Waals surface area contributed by atoms with E-state index in [1.807, 2.05) is 16.8 Å². The monoisotopic (exact) mass is 277 g/mol. The van der Waals surface area contributed by atoms with E-state index in [0.717, 1.165) is 5.56 Å². The van der Waals surface area contributed by atoms with Crippen LogP contribution in [0.5, 0.6) is 11.5 Å². The third kappa shape index (κ3) is 3.26. The van der Waals surface area contributed by atoms with Gasteiger partial charge in [0.25, 0.3) is 5.91 Å². The molecule has 1 aromatic heterocycles. The summed E-state index contributed by atoms with van der Waals surface area (Å²) in [5.74, 6) is 0.999. The minimum absolute atomic E-state index is 0.161. The zero-order chi connectivity index (χ0) is 13.7. The van der Waals surface area contributed by atoms with E-state index in [2.05, 4.69) is 5.32 Å². The fourth-order valence-electron chi connectivity index (χ4n) is 1.66. The number of hydrogen-bond donors (Lipinski definition) is 1. The van der Waals surface area contributed by atoms with Crippen LogP contribution in [-0.2, 0) is 6.54 Å². The first-order valence-corrected chi connectivity index (χ1v) is 6.70. The molecule has 2 rings (SSSR count). The van der Waals surface area contributed by atoms with Crippen LogP contribution in [0.25, 0.3) is 0 Å². The van der Waals surface area contributed by atoms with Crippen LogP contribution in [0.2, 0.25) is 0 Å². The van der Waals surface area contributed by atoms with E-state index in [1.54, 1.807) is 36.6 Å². The molecule has 0 saturated carbocycles. The molecule has 19 heavy (non-hydrogen) atoms. The molecule has 0 saturated heterocycles. The molecule has 4 nitrogen and oxygen atoms in total. The number of hydrogen-bond acceptors (Lipinski definition) is 4. The molecule has 0 bridgehead atoms. The summed E-state index contributed by atoms with van der Waals surface area (Å²) in [5, 5.41) is 6.85. The fourth-order valence-corrected chi connectivity index (χ4v) is 2.33. The van der Waals surface area contributed by atoms with Gasteiger partial charge in [-0.15, -0.1) is 0 Å². The quantitative estimate of drug-likeness (QED) is 0.914. The molecule has 0 aliphatic carbocycles. The van der Waals surface area contributed by atoms with Crippen molar-refractivity contribution in [2.45, 2.75) is 6.54 Å². The lowest BCUT2D eigenvalue weighted by Gasteiger charge is -2.10. The summed E-state index contributed by atoms with van der Waals surface area (Å²) in [6.07, 6.45) is 0. The summed E-state index contributed by atoms with van der Waals surface area (Å²) in [5.41, 5.74) is 1.59. The zero-order valence-corrected chi connectivity index (χ0v) is 11.6. The molecule has 1 amide bonds. The molecule has 2 aromatic rings. The van der Waals surface area contributed by atoms with Crippen molar-refractivity contribution < 1.29 is 14.3 Å². The van der Waals surface area contributed by atoms with Gasteiger partial charge in [0.1, 0.15) is 11.5 Å². The SMILES string of the molecule is COc1ccc(C(=O)NCc2ccsc2)c(OC)c1. The number of methoxy groups -OCH3 is 2. The zero-order valence-electron chi connectivity index (χ0n) is 10.8. The highest BCUT2D eigenvalue weighted by molar-refractivity contribution is 7.07. The number of rotatable bonds is 5. The number of nitrogens with one attached hydrogen (secondary N) is 1. The first kappa shape index (κ1) is 13.4. The summed E-state index contributed by atoms with van der Waals surface area (Å²) in [6, 6.07) is 7.11. The van der Waals surface area contributed by atoms with Gasteiger partial charge < -0.3 is 14.8 Å². The number of benzene rings is 1. The molecule has 0 spiro atoms. The molecule has 0 aliphatic heterocycles. The molecule has 0 atom stereocenters. The Morgan fingerprint density at radius 1 is 1.26 bits per heavy atom. The maximum absolute atomic E-state index is 12.1. The Morgan fingerprint density at radius 3 is 2.74 bits per heavy atom. The van der Waals surface area contributed by atoms with Crippen molar-refractivity contribution in [1.82, 2.24) is 5.32 Å². The second-order valence-corrected chi connectivity index (χ2v) is 4.66. The number of thiophene rings is 1. The lowest BCUT2D eigenvalue weighted by Crippen LogP contribution is -2.23. The van der Waals surface area contributed by atoms with Gasteiger partial charge in [-0.3, -0.25) is 4.79 Å². The molecule has 100 valence electrons. The lowest BCUT2D eigenvalue weighted by molar-refractivity contribution is 0.0948. The molecule has 1 aromatic carbocycles. The number of amides is 1. The maximum Gasteiger partial charge on any atom is 0.255 e. The highest BCUT2D eigenvalue weighted by Gasteiger charge is 2.12. The van der Waals surface area contributed by atoms with Crippen LogP contribution in [0.15, 0.2) is 35.0 Å². The third-order valence-electron chi connectivity index (χ3n) is 2.69. The highest BCUT2D eigenvalue weighted by atomic mass is 32.1. The molecular formula is C14H15NO3S. The molecule has 1 heterocycles. The first-order valence-electron chi connectivity index (χ1n) is 5.76. The van der Waals surface area contributed by atoms with Gasteiger partial charge in [0.2, 0.25) is 0 Å². The topological polar surface area (TPSA) is 47.6 Å². The summed E-state index contributed by atoms with van der Waals surface area (Å²) in [4.78, 5) is 12.1. The minimum Gasteiger partial charge on any atom is -0.497 e. The van der Waals surface area contributed by atoms with E-state index in [-0.39, 0.29) is 5.91 Å². The van der Waals surface area contributed by atoms with E-state index in [9.17, 15) is 4.79 Å². The van der Waals surface area contributed by atoms with Crippen LogP contribution in [0.4, 0.5) is 0 Å². The normalized spacial score (nSPS) is 10.0. The Hall–Kier alpha value is -2.01. The number of ether oxygens (including phenoxy) is 2. The van der Waals surface area contributed by atoms with Crippen molar-refractivity contribution in [3.63, 3.8) is 0 Å². The average molecular weight is 277 g/mol. The lowest BCUT2D eigenvalue weighted by atomic mass is 10.1. The van der Waals surface area contributed by atoms with E-state index in [4.69, 9.17) is 9.47 Å². The van der Waals surface area contributed by atoms with Gasteiger partial charge >= 0.3 is 0 Å². The van der Waals surface area contributed by atoms with E-state index in [1.165, 1.54) is 7.11 Å². The number of carbonyl (C=O) groups is 1. The molecule has 5 heteroatoms. The van der Waals surface area contributed by atoms with Crippen molar-refractivity contribution in [3.05, 3.63) is 46.2 Å². The van der Waals surface area contributed by atoms with Crippen LogP contribution in [0, 0.1) is 0 Å². The van der Waals surface area contributed by atoms with E-state index in [0.29, 0.717) is 23.6 Å². The van der Waals surface area contributed by atoms with Gasteiger partial charge in [0.15, 0.2) is 0 Å². The molecule has 0 aliphatic rings. The van der Waals surface area contributed by atoms with Gasteiger partial charge in [0.05, 0.1) is 19.8 Å². The predicted octanol–water partition coefficient (Wildman–Crippen LogP) is 2.70. The highest BCUT2D eigenvalue weighted by Crippen LogP contribution is 2.24. The smallest absolute Gasteiger partial charge is 0.255 e. The second-order valence-electron chi connectivity index (χ2n) is 3.88. The Balaban J connectivity index is 2.09. The summed E-state index contributed by atoms with van der Waals surface area (Å²) in [6.45, 7) is 0.511. The summed E-state index contributed by atoms with van der Waals surface area (Å²) in [7, 11) is 3.11. The molecule has 0 unspecified atom stereocenters. The third-order valence-corrected chi connectivity index (χ3v) is 3.42. The second kappa shape index (κ2) is 6.24. The van der Waals surface area contributed by atoms with Crippen LogP contribution < -0.4 is 14.8 Å². The van der Waals surface area contributed by atoms with Gasteiger partial charge in [-0.2, -0.15) is 11.3 Å². The van der Waals surface area contributed by atoms with Crippen molar-refractivity contribution in [2.24, 2.45) is 0 Å². The van der Waals surface area contributed by atoms with E-state index < -0.39 is 0 Å². The molecule has 0 fully saturated rings. The Bertz CT molecular complexity index is 552. The van der Waals surface area contributed by atoms with Crippen LogP contribution in [-0.4, -0.2) is 20.1 Å². The predicted molar refractivity (Wildman–Crippen MR) is 75.0 cm³/mol. The Kier molecular flexibility index (Phi) is 4.41. The fraction of sp³-hybridized carbons (Fsp3) is 0.214. The van der Waals surface area contributed by atoms with Crippen molar-refractivity contribution >= 4 is 17.2 Å². The van der Waals surface area contributed by atoms with Gasteiger partial charge in [0, 0.05) is 12.6 Å². The largest absolute Gasteiger partial charge is 0.497 e. The van der Waals surface area contributed by atoms with Crippen molar-refractivity contribution in [1.29, 1.82) is 0 Å². The number of carbonyl (C=O) groups excluding carboxylic acids is 1. The first-order chi connectivity index (χ1) is 9.24. The maximum atomic E-state index is 12.1. The van der Waals surface area contributed by atoms with Gasteiger partial charge in [-0.1, -0.05) is 0 Å². The standard InChI is InChI=1S/C14H15NO3S/c1-17-11-3-4-12(13(7-11)18-2)14(16)15-8-10-5-6-19-9-10/h3-7,9H,8H2,1-2H3,(H,15,16). The van der Waals surface area contributed by atoms with Crippen molar-refractivity contribution in [3.8, 4) is 11.5 Å². The van der Waals surface area contributed by atoms with Crippen molar-refractivity contribution in [2.75, 3.05) is 14.2 Å². The van der Waals surface area contributed by atoms with Gasteiger partial charge in [-0.05, 0) is 34.5 Å². The average Bonchev–Trinajstić information content (AvgIpc) is 2.97.